The Hall–Kier alpha value is -2.56. The van der Waals surface area contributed by atoms with E-state index in [4.69, 9.17) is 16.9 Å². The Bertz CT molecular complexity index is 905. The lowest BCUT2D eigenvalue weighted by atomic mass is 10.2. The van der Waals surface area contributed by atoms with Crippen LogP contribution in [0, 0.1) is 11.3 Å². The van der Waals surface area contributed by atoms with Gasteiger partial charge in [-0.05, 0) is 42.5 Å². The van der Waals surface area contributed by atoms with Crippen molar-refractivity contribution >= 4 is 33.2 Å². The number of rotatable bonds is 6. The number of halogens is 1. The maximum atomic E-state index is 12.1. The van der Waals surface area contributed by atoms with Gasteiger partial charge in [0.1, 0.15) is 0 Å². The van der Waals surface area contributed by atoms with E-state index in [9.17, 15) is 13.2 Å². The van der Waals surface area contributed by atoms with Crippen LogP contribution in [-0.4, -0.2) is 33.7 Å². The molecule has 0 radical (unpaired) electrons. The van der Waals surface area contributed by atoms with E-state index in [2.05, 4.69) is 5.32 Å². The molecule has 6 nitrogen and oxygen atoms in total. The molecule has 1 amide bonds. The minimum atomic E-state index is -3.53. The Balaban J connectivity index is 2.06. The minimum Gasteiger partial charge on any atom is -0.350 e. The number of carbonyl (C=O) groups is 1. The standard InChI is InChI=1S/C17H16ClN3O3S/c1-25(23,24)21(16-7-5-13(12-19)6-8-16)10-9-20-17(22)14-3-2-4-15(18)11-14/h2-8,11H,9-10H2,1H3,(H,20,22). The lowest BCUT2D eigenvalue weighted by molar-refractivity contribution is 0.0955. The summed E-state index contributed by atoms with van der Waals surface area (Å²) in [5.74, 6) is -0.337. The Morgan fingerprint density at radius 1 is 1.24 bits per heavy atom. The topological polar surface area (TPSA) is 90.3 Å². The summed E-state index contributed by atoms with van der Waals surface area (Å²) in [4.78, 5) is 12.1. The molecule has 0 aliphatic heterocycles. The number of nitriles is 1. The number of hydrogen-bond donors (Lipinski definition) is 1. The van der Waals surface area contributed by atoms with Gasteiger partial charge in [0.2, 0.25) is 10.0 Å². The molecule has 1 N–H and O–H groups in total. The first-order chi connectivity index (χ1) is 11.8. The smallest absolute Gasteiger partial charge is 0.251 e. The first-order valence-corrected chi connectivity index (χ1v) is 9.55. The molecule has 2 aromatic rings. The predicted octanol–water partition coefficient (Wildman–Crippen LogP) is 2.41. The van der Waals surface area contributed by atoms with E-state index in [0.717, 1.165) is 6.26 Å². The Morgan fingerprint density at radius 2 is 1.92 bits per heavy atom. The molecule has 0 bridgehead atoms. The van der Waals surface area contributed by atoms with Crippen LogP contribution >= 0.6 is 11.6 Å². The Morgan fingerprint density at radius 3 is 2.48 bits per heavy atom. The first kappa shape index (κ1) is 18.8. The maximum absolute atomic E-state index is 12.1. The summed E-state index contributed by atoms with van der Waals surface area (Å²) >= 11 is 5.85. The molecule has 0 atom stereocenters. The van der Waals surface area contributed by atoms with Crippen molar-refractivity contribution in [1.29, 1.82) is 5.26 Å². The van der Waals surface area contributed by atoms with Crippen LogP contribution in [0.2, 0.25) is 5.02 Å². The number of benzene rings is 2. The van der Waals surface area contributed by atoms with Gasteiger partial charge < -0.3 is 5.32 Å². The van der Waals surface area contributed by atoms with Crippen molar-refractivity contribution in [2.45, 2.75) is 0 Å². The fourth-order valence-electron chi connectivity index (χ4n) is 2.19. The molecular formula is C17H16ClN3O3S. The minimum absolute atomic E-state index is 0.0665. The number of sulfonamides is 1. The highest BCUT2D eigenvalue weighted by molar-refractivity contribution is 7.92. The summed E-state index contributed by atoms with van der Waals surface area (Å²) in [6.45, 7) is 0.190. The van der Waals surface area contributed by atoms with Gasteiger partial charge in [0.05, 0.1) is 30.1 Å². The molecule has 0 fully saturated rings. The molecule has 8 heteroatoms. The molecule has 0 unspecified atom stereocenters. The van der Waals surface area contributed by atoms with Crippen LogP contribution in [0.4, 0.5) is 5.69 Å². The number of anilines is 1. The van der Waals surface area contributed by atoms with Crippen molar-refractivity contribution in [2.24, 2.45) is 0 Å². The molecule has 0 aliphatic rings. The van der Waals surface area contributed by atoms with E-state index < -0.39 is 10.0 Å². The van der Waals surface area contributed by atoms with Crippen molar-refractivity contribution in [3.8, 4) is 6.07 Å². The second kappa shape index (κ2) is 8.01. The average Bonchev–Trinajstić information content (AvgIpc) is 2.57. The van der Waals surface area contributed by atoms with E-state index in [0.29, 0.717) is 21.8 Å². The van der Waals surface area contributed by atoms with Gasteiger partial charge >= 0.3 is 0 Å². The van der Waals surface area contributed by atoms with E-state index >= 15 is 0 Å². The average molecular weight is 378 g/mol. The molecule has 0 spiro atoms. The fraction of sp³-hybridized carbons (Fsp3) is 0.176. The van der Waals surface area contributed by atoms with Crippen LogP contribution < -0.4 is 9.62 Å². The van der Waals surface area contributed by atoms with E-state index in [1.165, 1.54) is 22.5 Å². The van der Waals surface area contributed by atoms with Crippen LogP contribution in [0.25, 0.3) is 0 Å². The van der Waals surface area contributed by atoms with Crippen LogP contribution in [-0.2, 0) is 10.0 Å². The molecular weight excluding hydrogens is 362 g/mol. The first-order valence-electron chi connectivity index (χ1n) is 7.33. The molecule has 130 valence electrons. The van der Waals surface area contributed by atoms with Crippen molar-refractivity contribution < 1.29 is 13.2 Å². The van der Waals surface area contributed by atoms with Crippen LogP contribution in [0.3, 0.4) is 0 Å². The van der Waals surface area contributed by atoms with Gasteiger partial charge in [-0.25, -0.2) is 8.42 Å². The number of nitrogens with one attached hydrogen (secondary N) is 1. The van der Waals surface area contributed by atoms with Gasteiger partial charge in [-0.2, -0.15) is 5.26 Å². The van der Waals surface area contributed by atoms with E-state index in [-0.39, 0.29) is 19.0 Å². The van der Waals surface area contributed by atoms with E-state index in [1.807, 2.05) is 6.07 Å². The largest absolute Gasteiger partial charge is 0.350 e. The third kappa shape index (κ3) is 5.21. The summed E-state index contributed by atoms with van der Waals surface area (Å²) in [5, 5.41) is 11.9. The Kier molecular flexibility index (Phi) is 6.02. The van der Waals surface area contributed by atoms with Crippen molar-refractivity contribution in [1.82, 2.24) is 5.32 Å². The SMILES string of the molecule is CS(=O)(=O)N(CCNC(=O)c1cccc(Cl)c1)c1ccc(C#N)cc1. The van der Waals surface area contributed by atoms with Gasteiger partial charge in [-0.3, -0.25) is 9.10 Å². The lowest BCUT2D eigenvalue weighted by Gasteiger charge is -2.22. The van der Waals surface area contributed by atoms with Gasteiger partial charge in [0.15, 0.2) is 0 Å². The quantitative estimate of drug-likeness (QED) is 0.836. The monoisotopic (exact) mass is 377 g/mol. The third-order valence-corrected chi connectivity index (χ3v) is 4.80. The molecule has 0 aromatic heterocycles. The fourth-order valence-corrected chi connectivity index (χ4v) is 3.31. The molecule has 25 heavy (non-hydrogen) atoms. The predicted molar refractivity (Wildman–Crippen MR) is 97.1 cm³/mol. The molecule has 2 rings (SSSR count). The van der Waals surface area contributed by atoms with Crippen LogP contribution in [0.5, 0.6) is 0 Å². The number of carbonyl (C=O) groups excluding carboxylic acids is 1. The summed E-state index contributed by atoms with van der Waals surface area (Å²) < 4.78 is 25.2. The molecule has 0 aliphatic carbocycles. The second-order valence-corrected chi connectivity index (χ2v) is 7.60. The second-order valence-electron chi connectivity index (χ2n) is 5.26. The van der Waals surface area contributed by atoms with Crippen molar-refractivity contribution in [3.63, 3.8) is 0 Å². The van der Waals surface area contributed by atoms with E-state index in [1.54, 1.807) is 30.3 Å². The number of amides is 1. The highest BCUT2D eigenvalue weighted by Gasteiger charge is 2.17. The zero-order chi connectivity index (χ0) is 18.4. The normalized spacial score (nSPS) is 10.8. The van der Waals surface area contributed by atoms with Crippen molar-refractivity contribution in [3.05, 3.63) is 64.7 Å². The van der Waals surface area contributed by atoms with Gasteiger partial charge in [0.25, 0.3) is 5.91 Å². The highest BCUT2D eigenvalue weighted by atomic mass is 35.5. The number of nitrogens with zero attached hydrogens (tertiary/aromatic N) is 2. The molecule has 2 aromatic carbocycles. The van der Waals surface area contributed by atoms with Crippen molar-refractivity contribution in [2.75, 3.05) is 23.7 Å². The summed E-state index contributed by atoms with van der Waals surface area (Å²) in [5.41, 5.74) is 1.27. The number of hydrogen-bond acceptors (Lipinski definition) is 4. The summed E-state index contributed by atoms with van der Waals surface area (Å²) in [6.07, 6.45) is 1.09. The zero-order valence-corrected chi connectivity index (χ0v) is 15.0. The molecule has 0 saturated carbocycles. The third-order valence-electron chi connectivity index (χ3n) is 3.37. The zero-order valence-electron chi connectivity index (χ0n) is 13.4. The van der Waals surface area contributed by atoms with Gasteiger partial charge in [-0.15, -0.1) is 0 Å². The lowest BCUT2D eigenvalue weighted by Crippen LogP contribution is -2.38. The van der Waals surface area contributed by atoms with Gasteiger partial charge in [0, 0.05) is 17.1 Å². The van der Waals surface area contributed by atoms with Gasteiger partial charge in [-0.1, -0.05) is 17.7 Å². The molecule has 0 heterocycles. The molecule has 0 saturated heterocycles. The summed E-state index contributed by atoms with van der Waals surface area (Å²) in [7, 11) is -3.53. The van der Waals surface area contributed by atoms with Crippen LogP contribution in [0.15, 0.2) is 48.5 Å². The maximum Gasteiger partial charge on any atom is 0.251 e. The Labute approximate surface area is 151 Å². The summed E-state index contributed by atoms with van der Waals surface area (Å²) in [6, 6.07) is 14.6. The van der Waals surface area contributed by atoms with Crippen LogP contribution in [0.1, 0.15) is 15.9 Å². The highest BCUT2D eigenvalue weighted by Crippen LogP contribution is 2.17.